The highest BCUT2D eigenvalue weighted by molar-refractivity contribution is 5.98. The van der Waals surface area contributed by atoms with Crippen molar-refractivity contribution in [2.45, 2.75) is 20.3 Å². The predicted octanol–water partition coefficient (Wildman–Crippen LogP) is 2.05. The maximum Gasteiger partial charge on any atom is 0.409 e. The van der Waals surface area contributed by atoms with Crippen molar-refractivity contribution in [3.63, 3.8) is 0 Å². The van der Waals surface area contributed by atoms with Gasteiger partial charge in [-0.3, -0.25) is 9.59 Å². The molecule has 3 rings (SSSR count). The van der Waals surface area contributed by atoms with Crippen LogP contribution >= 0.6 is 0 Å². The van der Waals surface area contributed by atoms with Gasteiger partial charge in [-0.1, -0.05) is 19.1 Å². The molecule has 0 radical (unpaired) electrons. The smallest absolute Gasteiger partial charge is 0.409 e. The minimum atomic E-state index is -0.439. The Kier molecular flexibility index (Phi) is 7.64. The van der Waals surface area contributed by atoms with Gasteiger partial charge in [-0.2, -0.15) is 0 Å². The molecule has 31 heavy (non-hydrogen) atoms. The van der Waals surface area contributed by atoms with E-state index < -0.39 is 5.91 Å². The van der Waals surface area contributed by atoms with E-state index in [2.05, 4.69) is 10.3 Å². The van der Waals surface area contributed by atoms with Gasteiger partial charge < -0.3 is 24.6 Å². The van der Waals surface area contributed by atoms with Crippen LogP contribution in [-0.4, -0.2) is 78.6 Å². The summed E-state index contributed by atoms with van der Waals surface area (Å²) in [5.74, 6) is -0.0512. The number of amides is 3. The van der Waals surface area contributed by atoms with E-state index in [4.69, 9.17) is 9.47 Å². The minimum Gasteiger partial charge on any atom is -0.493 e. The third-order valence-corrected chi connectivity index (χ3v) is 4.93. The fourth-order valence-electron chi connectivity index (χ4n) is 3.30. The van der Waals surface area contributed by atoms with Gasteiger partial charge >= 0.3 is 6.09 Å². The number of piperazine rings is 1. The van der Waals surface area contributed by atoms with E-state index in [1.807, 2.05) is 31.2 Å². The Balaban J connectivity index is 1.59. The van der Waals surface area contributed by atoms with E-state index in [1.165, 1.54) is 0 Å². The van der Waals surface area contributed by atoms with Gasteiger partial charge in [0.2, 0.25) is 5.91 Å². The molecule has 1 aromatic heterocycles. The molecule has 1 saturated heterocycles. The minimum absolute atomic E-state index is 0.141. The highest BCUT2D eigenvalue weighted by Gasteiger charge is 2.25. The molecule has 9 heteroatoms. The molecule has 1 fully saturated rings. The average Bonchev–Trinajstić information content (AvgIpc) is 2.80. The SMILES string of the molecule is CCCOc1cc(C(=O)NCC(=O)N2CCN(C(=O)OCC)CC2)nc2ccccc12. The molecule has 0 spiro atoms. The summed E-state index contributed by atoms with van der Waals surface area (Å²) in [4.78, 5) is 44.5. The summed E-state index contributed by atoms with van der Waals surface area (Å²) in [6, 6.07) is 9.06. The fourth-order valence-corrected chi connectivity index (χ4v) is 3.30. The number of rotatable bonds is 7. The third-order valence-electron chi connectivity index (χ3n) is 4.93. The molecular formula is C22H28N4O5. The normalized spacial score (nSPS) is 13.7. The van der Waals surface area contributed by atoms with Crippen LogP contribution in [0.4, 0.5) is 4.79 Å². The number of benzene rings is 1. The molecule has 0 saturated carbocycles. The van der Waals surface area contributed by atoms with Crippen LogP contribution in [0.3, 0.4) is 0 Å². The molecule has 2 aromatic rings. The van der Waals surface area contributed by atoms with Crippen molar-refractivity contribution >= 4 is 28.8 Å². The second kappa shape index (κ2) is 10.6. The number of nitrogens with one attached hydrogen (secondary N) is 1. The number of nitrogens with zero attached hydrogens (tertiary/aromatic N) is 3. The molecule has 1 aliphatic rings. The van der Waals surface area contributed by atoms with Gasteiger partial charge in [-0.25, -0.2) is 9.78 Å². The first-order valence-electron chi connectivity index (χ1n) is 10.5. The number of hydrogen-bond acceptors (Lipinski definition) is 6. The molecule has 1 aromatic carbocycles. The highest BCUT2D eigenvalue weighted by Crippen LogP contribution is 2.25. The lowest BCUT2D eigenvalue weighted by molar-refractivity contribution is -0.131. The third kappa shape index (κ3) is 5.62. The summed E-state index contributed by atoms with van der Waals surface area (Å²) in [6.45, 7) is 6.08. The van der Waals surface area contributed by atoms with E-state index in [0.29, 0.717) is 50.7 Å². The zero-order valence-corrected chi connectivity index (χ0v) is 17.9. The molecular weight excluding hydrogens is 400 g/mol. The molecule has 9 nitrogen and oxygen atoms in total. The zero-order valence-electron chi connectivity index (χ0n) is 17.9. The van der Waals surface area contributed by atoms with Crippen molar-refractivity contribution in [1.82, 2.24) is 20.1 Å². The van der Waals surface area contributed by atoms with Crippen molar-refractivity contribution in [2.75, 3.05) is 45.9 Å². The molecule has 0 bridgehead atoms. The lowest BCUT2D eigenvalue weighted by atomic mass is 10.1. The topological polar surface area (TPSA) is 101 Å². The van der Waals surface area contributed by atoms with Crippen molar-refractivity contribution < 1.29 is 23.9 Å². The first kappa shape index (κ1) is 22.3. The Morgan fingerprint density at radius 2 is 1.77 bits per heavy atom. The Bertz CT molecular complexity index is 941. The summed E-state index contributed by atoms with van der Waals surface area (Å²) >= 11 is 0. The van der Waals surface area contributed by atoms with E-state index in [0.717, 1.165) is 11.8 Å². The first-order valence-corrected chi connectivity index (χ1v) is 10.5. The van der Waals surface area contributed by atoms with Gasteiger partial charge in [-0.05, 0) is 25.5 Å². The van der Waals surface area contributed by atoms with E-state index in [1.54, 1.807) is 22.8 Å². The maximum absolute atomic E-state index is 12.6. The molecule has 166 valence electrons. The molecule has 1 aliphatic heterocycles. The van der Waals surface area contributed by atoms with Gasteiger partial charge in [-0.15, -0.1) is 0 Å². The van der Waals surface area contributed by atoms with Gasteiger partial charge in [0.1, 0.15) is 11.4 Å². The van der Waals surface area contributed by atoms with Gasteiger partial charge in [0.25, 0.3) is 5.91 Å². The van der Waals surface area contributed by atoms with Crippen molar-refractivity contribution in [1.29, 1.82) is 0 Å². The Labute approximate surface area is 181 Å². The second-order valence-electron chi connectivity index (χ2n) is 7.12. The molecule has 2 heterocycles. The van der Waals surface area contributed by atoms with Crippen LogP contribution in [0.15, 0.2) is 30.3 Å². The Morgan fingerprint density at radius 3 is 2.48 bits per heavy atom. The quantitative estimate of drug-likeness (QED) is 0.724. The van der Waals surface area contributed by atoms with E-state index >= 15 is 0 Å². The first-order chi connectivity index (χ1) is 15.0. The van der Waals surface area contributed by atoms with Crippen LogP contribution in [0.2, 0.25) is 0 Å². The number of hydrogen-bond donors (Lipinski definition) is 1. The number of fused-ring (bicyclic) bond motifs is 1. The van der Waals surface area contributed by atoms with Crippen LogP contribution in [0, 0.1) is 0 Å². The van der Waals surface area contributed by atoms with Crippen LogP contribution in [0.5, 0.6) is 5.75 Å². The summed E-state index contributed by atoms with van der Waals surface area (Å²) in [5, 5.41) is 3.48. The molecule has 3 amide bonds. The standard InChI is InChI=1S/C22H28N4O5/c1-3-13-31-19-14-18(24-17-8-6-5-7-16(17)19)21(28)23-15-20(27)25-9-11-26(12-10-25)22(29)30-4-2/h5-8,14H,3-4,9-13,15H2,1-2H3,(H,23,28). The van der Waals surface area contributed by atoms with Crippen LogP contribution in [-0.2, 0) is 9.53 Å². The number of ether oxygens (including phenoxy) is 2. The molecule has 0 unspecified atom stereocenters. The van der Waals surface area contributed by atoms with E-state index in [-0.39, 0.29) is 24.2 Å². The second-order valence-corrected chi connectivity index (χ2v) is 7.12. The summed E-state index contributed by atoms with van der Waals surface area (Å²) in [5.41, 5.74) is 0.854. The Morgan fingerprint density at radius 1 is 1.06 bits per heavy atom. The summed E-state index contributed by atoms with van der Waals surface area (Å²) in [6.07, 6.45) is 0.474. The van der Waals surface area contributed by atoms with Crippen molar-refractivity contribution in [3.8, 4) is 5.75 Å². The van der Waals surface area contributed by atoms with Crippen LogP contribution in [0.1, 0.15) is 30.8 Å². The van der Waals surface area contributed by atoms with Gasteiger partial charge in [0.05, 0.1) is 25.3 Å². The average molecular weight is 428 g/mol. The summed E-state index contributed by atoms with van der Waals surface area (Å²) < 4.78 is 10.8. The van der Waals surface area contributed by atoms with Crippen LogP contribution < -0.4 is 10.1 Å². The lowest BCUT2D eigenvalue weighted by Crippen LogP contribution is -2.52. The largest absolute Gasteiger partial charge is 0.493 e. The van der Waals surface area contributed by atoms with Gasteiger partial charge in [0.15, 0.2) is 0 Å². The fraction of sp³-hybridized carbons (Fsp3) is 0.455. The number of para-hydroxylation sites is 1. The highest BCUT2D eigenvalue weighted by atomic mass is 16.6. The molecule has 0 atom stereocenters. The predicted molar refractivity (Wildman–Crippen MR) is 115 cm³/mol. The maximum atomic E-state index is 12.6. The number of aromatic nitrogens is 1. The van der Waals surface area contributed by atoms with Gasteiger partial charge in [0, 0.05) is 37.6 Å². The Hall–Kier alpha value is -3.36. The van der Waals surface area contributed by atoms with Crippen LogP contribution in [0.25, 0.3) is 10.9 Å². The van der Waals surface area contributed by atoms with E-state index in [9.17, 15) is 14.4 Å². The van der Waals surface area contributed by atoms with Crippen molar-refractivity contribution in [2.24, 2.45) is 0 Å². The lowest BCUT2D eigenvalue weighted by Gasteiger charge is -2.34. The number of carbonyl (C=O) groups is 3. The molecule has 0 aliphatic carbocycles. The summed E-state index contributed by atoms with van der Waals surface area (Å²) in [7, 11) is 0. The zero-order chi connectivity index (χ0) is 22.2. The monoisotopic (exact) mass is 428 g/mol. The number of carbonyl (C=O) groups excluding carboxylic acids is 3. The number of pyridine rings is 1. The van der Waals surface area contributed by atoms with Crippen molar-refractivity contribution in [3.05, 3.63) is 36.0 Å². The molecule has 1 N–H and O–H groups in total.